The van der Waals surface area contributed by atoms with E-state index in [1.54, 1.807) is 14.0 Å². The lowest BCUT2D eigenvalue weighted by Gasteiger charge is -2.33. The maximum atomic E-state index is 4.97. The molecule has 1 fully saturated rings. The summed E-state index contributed by atoms with van der Waals surface area (Å²) in [6.07, 6.45) is 2.21. The van der Waals surface area contributed by atoms with Crippen LogP contribution in [0.4, 0.5) is 0 Å². The highest BCUT2D eigenvalue weighted by atomic mass is 16.5. The quantitative estimate of drug-likeness (QED) is 0.636. The van der Waals surface area contributed by atoms with E-state index in [1.807, 2.05) is 0 Å². The molecule has 2 aromatic rings. The number of aliphatic imine (C=N–C) groups is 1. The van der Waals surface area contributed by atoms with E-state index in [9.17, 15) is 0 Å². The minimum absolute atomic E-state index is 0.435. The van der Waals surface area contributed by atoms with Crippen molar-refractivity contribution in [3.8, 4) is 0 Å². The molecule has 7 heteroatoms. The molecule has 0 bridgehead atoms. The fourth-order valence-corrected chi connectivity index (χ4v) is 3.04. The zero-order chi connectivity index (χ0) is 17.5. The van der Waals surface area contributed by atoms with E-state index in [0.29, 0.717) is 24.3 Å². The van der Waals surface area contributed by atoms with Gasteiger partial charge in [-0.05, 0) is 18.4 Å². The third-order valence-corrected chi connectivity index (χ3v) is 4.38. The largest absolute Gasteiger partial charge is 0.354 e. The Morgan fingerprint density at radius 3 is 2.68 bits per heavy atom. The van der Waals surface area contributed by atoms with Crippen molar-refractivity contribution in [3.63, 3.8) is 0 Å². The summed E-state index contributed by atoms with van der Waals surface area (Å²) < 4.78 is 4.97. The van der Waals surface area contributed by atoms with Gasteiger partial charge in [-0.3, -0.25) is 9.89 Å². The van der Waals surface area contributed by atoms with Crippen molar-refractivity contribution in [2.24, 2.45) is 4.99 Å². The standard InChI is InChI=1S/C18H26N6O/c1-14-21-17(23-25-14)12-20-18(19-2)22-16-8-10-24(11-9-16)13-15-6-4-3-5-7-15/h3-7,16H,8-13H2,1-2H3,(H2,19,20,22). The summed E-state index contributed by atoms with van der Waals surface area (Å²) in [7, 11) is 1.78. The second kappa shape index (κ2) is 8.62. The SMILES string of the molecule is CN=C(NCc1noc(C)n1)NC1CCN(Cc2ccccc2)CC1. The van der Waals surface area contributed by atoms with Crippen LogP contribution in [-0.2, 0) is 13.1 Å². The smallest absolute Gasteiger partial charge is 0.223 e. The summed E-state index contributed by atoms with van der Waals surface area (Å²) in [6, 6.07) is 11.1. The van der Waals surface area contributed by atoms with Crippen LogP contribution in [0.5, 0.6) is 0 Å². The number of guanidine groups is 1. The van der Waals surface area contributed by atoms with Crippen LogP contribution in [0.3, 0.4) is 0 Å². The normalized spacial score (nSPS) is 16.8. The molecule has 1 aromatic heterocycles. The van der Waals surface area contributed by atoms with Gasteiger partial charge >= 0.3 is 0 Å². The minimum atomic E-state index is 0.435. The van der Waals surface area contributed by atoms with Crippen LogP contribution < -0.4 is 10.6 Å². The van der Waals surface area contributed by atoms with Crippen molar-refractivity contribution in [2.45, 2.75) is 38.9 Å². The van der Waals surface area contributed by atoms with E-state index in [2.05, 4.69) is 61.0 Å². The van der Waals surface area contributed by atoms with Gasteiger partial charge in [0.15, 0.2) is 11.8 Å². The van der Waals surface area contributed by atoms with Crippen LogP contribution in [0.25, 0.3) is 0 Å². The van der Waals surface area contributed by atoms with Crippen LogP contribution >= 0.6 is 0 Å². The van der Waals surface area contributed by atoms with E-state index in [-0.39, 0.29) is 0 Å². The topological polar surface area (TPSA) is 78.6 Å². The van der Waals surface area contributed by atoms with Crippen molar-refractivity contribution < 1.29 is 4.52 Å². The fraction of sp³-hybridized carbons (Fsp3) is 0.500. The van der Waals surface area contributed by atoms with Gasteiger partial charge in [-0.25, -0.2) is 0 Å². The number of hydrogen-bond donors (Lipinski definition) is 2. The summed E-state index contributed by atoms with van der Waals surface area (Å²) >= 11 is 0. The van der Waals surface area contributed by atoms with Crippen molar-refractivity contribution >= 4 is 5.96 Å². The van der Waals surface area contributed by atoms with E-state index in [4.69, 9.17) is 4.52 Å². The molecule has 3 rings (SSSR count). The highest BCUT2D eigenvalue weighted by Crippen LogP contribution is 2.13. The summed E-state index contributed by atoms with van der Waals surface area (Å²) in [4.78, 5) is 11.0. The maximum absolute atomic E-state index is 4.97. The molecule has 1 aliphatic rings. The average molecular weight is 342 g/mol. The molecular formula is C18H26N6O. The second-order valence-electron chi connectivity index (χ2n) is 6.34. The minimum Gasteiger partial charge on any atom is -0.354 e. The number of nitrogens with one attached hydrogen (secondary N) is 2. The van der Waals surface area contributed by atoms with E-state index < -0.39 is 0 Å². The number of aromatic nitrogens is 2. The second-order valence-corrected chi connectivity index (χ2v) is 6.34. The number of hydrogen-bond acceptors (Lipinski definition) is 5. The fourth-order valence-electron chi connectivity index (χ4n) is 3.04. The third kappa shape index (κ3) is 5.29. The summed E-state index contributed by atoms with van der Waals surface area (Å²) in [6.45, 7) is 5.50. The van der Waals surface area contributed by atoms with Crippen LogP contribution in [-0.4, -0.2) is 47.2 Å². The Balaban J connectivity index is 1.41. The number of aryl methyl sites for hydroxylation is 1. The molecule has 2 heterocycles. The van der Waals surface area contributed by atoms with Crippen molar-refractivity contribution in [1.82, 2.24) is 25.7 Å². The van der Waals surface area contributed by atoms with Crippen molar-refractivity contribution in [3.05, 3.63) is 47.6 Å². The molecule has 134 valence electrons. The van der Waals surface area contributed by atoms with Gasteiger partial charge in [0, 0.05) is 39.6 Å². The first-order valence-corrected chi connectivity index (χ1v) is 8.75. The monoisotopic (exact) mass is 342 g/mol. The molecule has 25 heavy (non-hydrogen) atoms. The molecule has 0 atom stereocenters. The van der Waals surface area contributed by atoms with E-state index in [0.717, 1.165) is 38.4 Å². The number of piperidine rings is 1. The molecule has 1 aliphatic heterocycles. The maximum Gasteiger partial charge on any atom is 0.223 e. The number of benzene rings is 1. The summed E-state index contributed by atoms with van der Waals surface area (Å²) in [5.41, 5.74) is 1.38. The lowest BCUT2D eigenvalue weighted by molar-refractivity contribution is 0.198. The molecular weight excluding hydrogens is 316 g/mol. The Hall–Kier alpha value is -2.41. The molecule has 1 aromatic carbocycles. The average Bonchev–Trinajstić information content (AvgIpc) is 3.06. The number of likely N-dealkylation sites (tertiary alicyclic amines) is 1. The van der Waals surface area contributed by atoms with Gasteiger partial charge in [0.1, 0.15) is 0 Å². The zero-order valence-electron chi connectivity index (χ0n) is 14.9. The molecule has 0 unspecified atom stereocenters. The predicted octanol–water partition coefficient (Wildman–Crippen LogP) is 1.71. The third-order valence-electron chi connectivity index (χ3n) is 4.38. The molecule has 7 nitrogen and oxygen atoms in total. The van der Waals surface area contributed by atoms with Gasteiger partial charge in [-0.15, -0.1) is 0 Å². The van der Waals surface area contributed by atoms with Gasteiger partial charge in [-0.2, -0.15) is 4.98 Å². The van der Waals surface area contributed by atoms with Gasteiger partial charge in [0.05, 0.1) is 6.54 Å². The van der Waals surface area contributed by atoms with Crippen molar-refractivity contribution in [2.75, 3.05) is 20.1 Å². The number of rotatable bonds is 5. The molecule has 0 amide bonds. The van der Waals surface area contributed by atoms with Crippen molar-refractivity contribution in [1.29, 1.82) is 0 Å². The molecule has 2 N–H and O–H groups in total. The van der Waals surface area contributed by atoms with Gasteiger partial charge < -0.3 is 15.2 Å². The molecule has 1 saturated heterocycles. The highest BCUT2D eigenvalue weighted by Gasteiger charge is 2.20. The number of nitrogens with zero attached hydrogens (tertiary/aromatic N) is 4. The first kappa shape index (κ1) is 17.4. The molecule has 0 saturated carbocycles. The first-order valence-electron chi connectivity index (χ1n) is 8.75. The zero-order valence-corrected chi connectivity index (χ0v) is 14.9. The Morgan fingerprint density at radius 2 is 2.04 bits per heavy atom. The molecule has 0 aliphatic carbocycles. The van der Waals surface area contributed by atoms with Gasteiger partial charge in [0.2, 0.25) is 5.89 Å². The van der Waals surface area contributed by atoms with Crippen LogP contribution in [0.1, 0.15) is 30.1 Å². The van der Waals surface area contributed by atoms with Gasteiger partial charge in [-0.1, -0.05) is 35.5 Å². The van der Waals surface area contributed by atoms with Gasteiger partial charge in [0.25, 0.3) is 0 Å². The molecule has 0 spiro atoms. The Bertz CT molecular complexity index is 676. The first-order chi connectivity index (χ1) is 12.2. The van der Waals surface area contributed by atoms with E-state index >= 15 is 0 Å². The lowest BCUT2D eigenvalue weighted by Crippen LogP contribution is -2.48. The Morgan fingerprint density at radius 1 is 1.28 bits per heavy atom. The van der Waals surface area contributed by atoms with Crippen LogP contribution in [0.15, 0.2) is 39.8 Å². The van der Waals surface area contributed by atoms with E-state index in [1.165, 1.54) is 5.56 Å². The molecule has 0 radical (unpaired) electrons. The lowest BCUT2D eigenvalue weighted by atomic mass is 10.0. The highest BCUT2D eigenvalue weighted by molar-refractivity contribution is 5.79. The Labute approximate surface area is 148 Å². The summed E-state index contributed by atoms with van der Waals surface area (Å²) in [5.74, 6) is 1.99. The van der Waals surface area contributed by atoms with Crippen LogP contribution in [0.2, 0.25) is 0 Å². The summed E-state index contributed by atoms with van der Waals surface area (Å²) in [5, 5.41) is 10.6. The Kier molecular flexibility index (Phi) is 6.00. The van der Waals surface area contributed by atoms with Crippen LogP contribution in [0, 0.1) is 6.92 Å². The predicted molar refractivity (Wildman–Crippen MR) is 97.1 cm³/mol.